The van der Waals surface area contributed by atoms with Crippen LogP contribution in [0.1, 0.15) is 27.2 Å². The number of aryl methyl sites for hydroxylation is 1. The number of anilines is 1. The van der Waals surface area contributed by atoms with Crippen molar-refractivity contribution < 1.29 is 4.79 Å². The van der Waals surface area contributed by atoms with Gasteiger partial charge < -0.3 is 10.6 Å². The Hall–Kier alpha value is -3.21. The number of carbonyl (C=O) groups excluding carboxylic acids is 1. The van der Waals surface area contributed by atoms with Gasteiger partial charge in [-0.05, 0) is 36.6 Å². The van der Waals surface area contributed by atoms with E-state index in [2.05, 4.69) is 46.0 Å². The van der Waals surface area contributed by atoms with Crippen LogP contribution >= 0.6 is 0 Å². The largest absolute Gasteiger partial charge is 0.365 e. The molecule has 3 rings (SSSR count). The van der Waals surface area contributed by atoms with Crippen LogP contribution in [0.25, 0.3) is 0 Å². The van der Waals surface area contributed by atoms with Crippen LogP contribution in [0, 0.1) is 6.92 Å². The van der Waals surface area contributed by atoms with Gasteiger partial charge in [0.1, 0.15) is 5.82 Å². The Kier molecular flexibility index (Phi) is 5.93. The zero-order valence-corrected chi connectivity index (χ0v) is 14.8. The van der Waals surface area contributed by atoms with Crippen molar-refractivity contribution in [3.05, 3.63) is 89.1 Å². The van der Waals surface area contributed by atoms with Crippen LogP contribution in [0.4, 0.5) is 5.82 Å². The first kappa shape index (κ1) is 17.6. The normalized spacial score (nSPS) is 10.3. The molecule has 0 saturated carbocycles. The summed E-state index contributed by atoms with van der Waals surface area (Å²) in [4.78, 5) is 12.1. The Morgan fingerprint density at radius 3 is 2.46 bits per heavy atom. The third-order valence-electron chi connectivity index (χ3n) is 4.00. The maximum Gasteiger partial charge on any atom is 0.271 e. The van der Waals surface area contributed by atoms with Crippen molar-refractivity contribution in [3.8, 4) is 0 Å². The van der Waals surface area contributed by atoms with E-state index in [1.165, 1.54) is 16.7 Å². The Labute approximate surface area is 153 Å². The van der Waals surface area contributed by atoms with E-state index in [0.717, 1.165) is 6.42 Å². The van der Waals surface area contributed by atoms with E-state index < -0.39 is 0 Å². The predicted octanol–water partition coefficient (Wildman–Crippen LogP) is 3.37. The van der Waals surface area contributed by atoms with E-state index in [1.54, 1.807) is 12.1 Å². The van der Waals surface area contributed by atoms with Crippen molar-refractivity contribution >= 4 is 11.7 Å². The van der Waals surface area contributed by atoms with Crippen LogP contribution in [0.2, 0.25) is 0 Å². The lowest BCUT2D eigenvalue weighted by Crippen LogP contribution is -2.26. The van der Waals surface area contributed by atoms with E-state index in [0.29, 0.717) is 24.6 Å². The van der Waals surface area contributed by atoms with Crippen molar-refractivity contribution in [2.24, 2.45) is 0 Å². The zero-order chi connectivity index (χ0) is 18.2. The molecule has 0 aliphatic rings. The average Bonchev–Trinajstić information content (AvgIpc) is 2.68. The fraction of sp³-hybridized carbons (Fsp3) is 0.190. The molecule has 0 unspecified atom stereocenters. The summed E-state index contributed by atoms with van der Waals surface area (Å²) in [5, 5.41) is 14.2. The summed E-state index contributed by atoms with van der Waals surface area (Å²) < 4.78 is 0. The Morgan fingerprint density at radius 2 is 1.73 bits per heavy atom. The first-order valence-electron chi connectivity index (χ1n) is 8.66. The number of nitrogens with one attached hydrogen (secondary N) is 2. The second-order valence-electron chi connectivity index (χ2n) is 6.14. The van der Waals surface area contributed by atoms with Crippen LogP contribution in [-0.2, 0) is 13.0 Å². The van der Waals surface area contributed by atoms with Gasteiger partial charge in [0.2, 0.25) is 0 Å². The second-order valence-corrected chi connectivity index (χ2v) is 6.14. The fourth-order valence-corrected chi connectivity index (χ4v) is 2.62. The van der Waals surface area contributed by atoms with Gasteiger partial charge in [-0.1, -0.05) is 60.2 Å². The second kappa shape index (κ2) is 8.76. The van der Waals surface area contributed by atoms with Crippen LogP contribution < -0.4 is 10.6 Å². The molecule has 1 aromatic heterocycles. The van der Waals surface area contributed by atoms with Crippen LogP contribution in [0.5, 0.6) is 0 Å². The summed E-state index contributed by atoms with van der Waals surface area (Å²) >= 11 is 0. The van der Waals surface area contributed by atoms with Crippen molar-refractivity contribution in [2.45, 2.75) is 19.9 Å². The molecule has 26 heavy (non-hydrogen) atoms. The molecule has 5 heteroatoms. The fourth-order valence-electron chi connectivity index (χ4n) is 2.62. The lowest BCUT2D eigenvalue weighted by atomic mass is 10.1. The monoisotopic (exact) mass is 346 g/mol. The molecule has 3 aromatic rings. The van der Waals surface area contributed by atoms with Gasteiger partial charge in [0.25, 0.3) is 5.91 Å². The molecule has 0 fully saturated rings. The molecule has 1 heterocycles. The molecule has 5 nitrogen and oxygen atoms in total. The molecule has 0 atom stereocenters. The quantitative estimate of drug-likeness (QED) is 0.688. The van der Waals surface area contributed by atoms with Crippen LogP contribution in [0.3, 0.4) is 0 Å². The van der Waals surface area contributed by atoms with E-state index in [-0.39, 0.29) is 5.91 Å². The predicted molar refractivity (Wildman–Crippen MR) is 103 cm³/mol. The number of rotatable bonds is 7. The third-order valence-corrected chi connectivity index (χ3v) is 4.00. The average molecular weight is 346 g/mol. The summed E-state index contributed by atoms with van der Waals surface area (Å²) in [6.45, 7) is 3.30. The van der Waals surface area contributed by atoms with E-state index in [1.807, 2.05) is 36.4 Å². The minimum Gasteiger partial charge on any atom is -0.365 e. The SMILES string of the molecule is Cc1cccc(CNc2ccc(C(=O)NCCc3ccccc3)nn2)c1. The van der Waals surface area contributed by atoms with Crippen molar-refractivity contribution in [1.82, 2.24) is 15.5 Å². The number of benzene rings is 2. The molecule has 0 spiro atoms. The summed E-state index contributed by atoms with van der Waals surface area (Å²) in [6.07, 6.45) is 0.788. The third kappa shape index (κ3) is 5.14. The summed E-state index contributed by atoms with van der Waals surface area (Å²) in [6, 6.07) is 21.8. The zero-order valence-electron chi connectivity index (χ0n) is 14.8. The first-order valence-corrected chi connectivity index (χ1v) is 8.66. The molecule has 0 saturated heterocycles. The number of carbonyl (C=O) groups is 1. The van der Waals surface area contributed by atoms with Crippen LogP contribution in [0.15, 0.2) is 66.7 Å². The highest BCUT2D eigenvalue weighted by Gasteiger charge is 2.07. The lowest BCUT2D eigenvalue weighted by Gasteiger charge is -2.07. The van der Waals surface area contributed by atoms with Gasteiger partial charge in [-0.25, -0.2) is 0 Å². The minimum absolute atomic E-state index is 0.210. The maximum absolute atomic E-state index is 12.1. The molecule has 1 amide bonds. The number of nitrogens with zero attached hydrogens (tertiary/aromatic N) is 2. The summed E-state index contributed by atoms with van der Waals surface area (Å²) in [7, 11) is 0. The van der Waals surface area contributed by atoms with Gasteiger partial charge in [-0.15, -0.1) is 10.2 Å². The number of hydrogen-bond acceptors (Lipinski definition) is 4. The minimum atomic E-state index is -0.210. The highest BCUT2D eigenvalue weighted by Crippen LogP contribution is 2.08. The van der Waals surface area contributed by atoms with Crippen molar-refractivity contribution in [1.29, 1.82) is 0 Å². The van der Waals surface area contributed by atoms with Gasteiger partial charge >= 0.3 is 0 Å². The Morgan fingerprint density at radius 1 is 0.923 bits per heavy atom. The molecule has 132 valence electrons. The van der Waals surface area contributed by atoms with E-state index >= 15 is 0 Å². The molecule has 0 radical (unpaired) electrons. The molecule has 2 N–H and O–H groups in total. The van der Waals surface area contributed by atoms with Crippen molar-refractivity contribution in [3.63, 3.8) is 0 Å². The van der Waals surface area contributed by atoms with E-state index in [4.69, 9.17) is 0 Å². The highest BCUT2D eigenvalue weighted by molar-refractivity contribution is 5.92. The molecule has 2 aromatic carbocycles. The smallest absolute Gasteiger partial charge is 0.271 e. The highest BCUT2D eigenvalue weighted by atomic mass is 16.1. The Balaban J connectivity index is 1.48. The molecular formula is C21H22N4O. The Bertz CT molecular complexity index is 847. The molecule has 0 aliphatic heterocycles. The van der Waals surface area contributed by atoms with Gasteiger partial charge in [-0.2, -0.15) is 0 Å². The van der Waals surface area contributed by atoms with Gasteiger partial charge in [0.05, 0.1) is 0 Å². The summed E-state index contributed by atoms with van der Waals surface area (Å²) in [5.41, 5.74) is 3.90. The topological polar surface area (TPSA) is 66.9 Å². The van der Waals surface area contributed by atoms with Gasteiger partial charge in [-0.3, -0.25) is 4.79 Å². The number of aromatic nitrogens is 2. The van der Waals surface area contributed by atoms with Crippen LogP contribution in [-0.4, -0.2) is 22.6 Å². The van der Waals surface area contributed by atoms with Crippen molar-refractivity contribution in [2.75, 3.05) is 11.9 Å². The van der Waals surface area contributed by atoms with Gasteiger partial charge in [0, 0.05) is 13.1 Å². The molecular weight excluding hydrogens is 324 g/mol. The first-order chi connectivity index (χ1) is 12.7. The van der Waals surface area contributed by atoms with Gasteiger partial charge in [0.15, 0.2) is 5.69 Å². The number of hydrogen-bond donors (Lipinski definition) is 2. The molecule has 0 aliphatic carbocycles. The lowest BCUT2D eigenvalue weighted by molar-refractivity contribution is 0.0948. The standard InChI is InChI=1S/C21H22N4O/c1-16-6-5-9-18(14-16)15-23-20-11-10-19(24-25-20)21(26)22-13-12-17-7-3-2-4-8-17/h2-11,14H,12-13,15H2,1H3,(H,22,26)(H,23,25). The van der Waals surface area contributed by atoms with E-state index in [9.17, 15) is 4.79 Å². The molecule has 0 bridgehead atoms. The summed E-state index contributed by atoms with van der Waals surface area (Å²) in [5.74, 6) is 0.436. The number of amides is 1. The maximum atomic E-state index is 12.1.